The van der Waals surface area contributed by atoms with E-state index in [2.05, 4.69) is 49.2 Å². The maximum Gasteiger partial charge on any atom is 0.305 e. The first kappa shape index (κ1) is 24.9. The van der Waals surface area contributed by atoms with Gasteiger partial charge in [0.25, 0.3) is 0 Å². The van der Waals surface area contributed by atoms with Crippen molar-refractivity contribution in [1.29, 1.82) is 0 Å². The number of ether oxygens (including phenoxy) is 1. The SMILES string of the molecule is CCCCCC/C=C/C#CC(CCCCCCC(=O)OC)O[Si](C)(C)C. The van der Waals surface area contributed by atoms with E-state index >= 15 is 0 Å². The van der Waals surface area contributed by atoms with Crippen LogP contribution < -0.4 is 0 Å². The van der Waals surface area contributed by atoms with E-state index in [9.17, 15) is 4.79 Å². The molecule has 0 rings (SSSR count). The van der Waals surface area contributed by atoms with Crippen LogP contribution >= 0.6 is 0 Å². The van der Waals surface area contributed by atoms with Gasteiger partial charge in [0, 0.05) is 6.42 Å². The Morgan fingerprint density at radius 1 is 1.04 bits per heavy atom. The zero-order valence-corrected chi connectivity index (χ0v) is 18.7. The fourth-order valence-corrected chi connectivity index (χ4v) is 3.64. The lowest BCUT2D eigenvalue weighted by molar-refractivity contribution is -0.140. The molecule has 0 radical (unpaired) electrons. The van der Waals surface area contributed by atoms with Crippen molar-refractivity contribution in [3.05, 3.63) is 12.2 Å². The standard InChI is InChI=1S/C22H40O3Si/c1-6-7-8-9-10-11-12-15-18-21(25-26(3,4)5)19-16-13-14-17-20-22(23)24-2/h11-12,21H,6-10,13-14,16-17,19-20H2,1-5H3/b12-11+. The molecule has 0 aromatic rings. The van der Waals surface area contributed by atoms with Crippen LogP contribution in [0.3, 0.4) is 0 Å². The van der Waals surface area contributed by atoms with E-state index in [-0.39, 0.29) is 12.1 Å². The molecule has 0 amide bonds. The summed E-state index contributed by atoms with van der Waals surface area (Å²) in [6, 6.07) is 0. The van der Waals surface area contributed by atoms with Gasteiger partial charge in [0.15, 0.2) is 8.32 Å². The van der Waals surface area contributed by atoms with Gasteiger partial charge in [-0.05, 0) is 57.8 Å². The predicted octanol–water partition coefficient (Wildman–Crippen LogP) is 6.25. The highest BCUT2D eigenvalue weighted by atomic mass is 28.4. The number of hydrogen-bond acceptors (Lipinski definition) is 3. The average molecular weight is 381 g/mol. The van der Waals surface area contributed by atoms with Crippen molar-refractivity contribution in [3.63, 3.8) is 0 Å². The van der Waals surface area contributed by atoms with Crippen LogP contribution in [0.5, 0.6) is 0 Å². The molecule has 0 N–H and O–H groups in total. The summed E-state index contributed by atoms with van der Waals surface area (Å²) in [5, 5.41) is 0. The molecule has 3 nitrogen and oxygen atoms in total. The van der Waals surface area contributed by atoms with E-state index in [4.69, 9.17) is 4.43 Å². The molecule has 0 aliphatic carbocycles. The summed E-state index contributed by atoms with van der Waals surface area (Å²) in [6.07, 6.45) is 16.1. The van der Waals surface area contributed by atoms with E-state index in [0.29, 0.717) is 6.42 Å². The Labute approximate surface area is 163 Å². The minimum atomic E-state index is -1.59. The number of methoxy groups -OCH3 is 1. The summed E-state index contributed by atoms with van der Waals surface area (Å²) in [5.74, 6) is 6.36. The fraction of sp³-hybridized carbons (Fsp3) is 0.773. The van der Waals surface area contributed by atoms with E-state index < -0.39 is 8.32 Å². The van der Waals surface area contributed by atoms with Gasteiger partial charge < -0.3 is 9.16 Å². The van der Waals surface area contributed by atoms with Crippen molar-refractivity contribution in [2.24, 2.45) is 0 Å². The van der Waals surface area contributed by atoms with Gasteiger partial charge in [-0.3, -0.25) is 4.79 Å². The van der Waals surface area contributed by atoms with Crippen molar-refractivity contribution in [2.45, 2.75) is 103 Å². The maximum atomic E-state index is 11.1. The summed E-state index contributed by atoms with van der Waals surface area (Å²) in [5.41, 5.74) is 0. The van der Waals surface area contributed by atoms with Crippen LogP contribution in [0.1, 0.15) is 77.6 Å². The second kappa shape index (κ2) is 16.1. The molecule has 0 aromatic carbocycles. The first-order valence-electron chi connectivity index (χ1n) is 10.3. The van der Waals surface area contributed by atoms with Gasteiger partial charge in [-0.15, -0.1) is 0 Å². The van der Waals surface area contributed by atoms with E-state index in [1.54, 1.807) is 0 Å². The summed E-state index contributed by atoms with van der Waals surface area (Å²) in [4.78, 5) is 11.1. The minimum Gasteiger partial charge on any atom is -0.469 e. The Balaban J connectivity index is 4.15. The first-order valence-corrected chi connectivity index (χ1v) is 13.7. The molecule has 26 heavy (non-hydrogen) atoms. The molecule has 0 spiro atoms. The third-order valence-electron chi connectivity index (χ3n) is 3.99. The Morgan fingerprint density at radius 3 is 2.38 bits per heavy atom. The number of carbonyl (C=O) groups excluding carboxylic acids is 1. The average Bonchev–Trinajstić information content (AvgIpc) is 2.58. The monoisotopic (exact) mass is 380 g/mol. The molecular formula is C22H40O3Si. The molecule has 0 aliphatic heterocycles. The topological polar surface area (TPSA) is 35.5 Å². The third kappa shape index (κ3) is 17.8. The third-order valence-corrected chi connectivity index (χ3v) is 4.98. The van der Waals surface area contributed by atoms with Crippen molar-refractivity contribution >= 4 is 14.3 Å². The van der Waals surface area contributed by atoms with Gasteiger partial charge in [-0.2, -0.15) is 0 Å². The van der Waals surface area contributed by atoms with Crippen LogP contribution in [0.25, 0.3) is 0 Å². The molecule has 0 saturated carbocycles. The Bertz CT molecular complexity index is 441. The van der Waals surface area contributed by atoms with Gasteiger partial charge in [-0.25, -0.2) is 0 Å². The van der Waals surface area contributed by atoms with Gasteiger partial charge in [0.2, 0.25) is 0 Å². The number of esters is 1. The van der Waals surface area contributed by atoms with Crippen LogP contribution in [-0.2, 0) is 14.0 Å². The Kier molecular flexibility index (Phi) is 15.5. The highest BCUT2D eigenvalue weighted by Crippen LogP contribution is 2.14. The molecule has 0 aliphatic rings. The predicted molar refractivity (Wildman–Crippen MR) is 114 cm³/mol. The number of allylic oxidation sites excluding steroid dienone is 2. The maximum absolute atomic E-state index is 11.1. The zero-order valence-electron chi connectivity index (χ0n) is 17.7. The second-order valence-electron chi connectivity index (χ2n) is 7.79. The quantitative estimate of drug-likeness (QED) is 0.155. The van der Waals surface area contributed by atoms with Crippen molar-refractivity contribution in [3.8, 4) is 11.8 Å². The van der Waals surface area contributed by atoms with Crippen LogP contribution in [0.4, 0.5) is 0 Å². The van der Waals surface area contributed by atoms with Crippen LogP contribution in [-0.4, -0.2) is 27.5 Å². The largest absolute Gasteiger partial charge is 0.469 e. The Hall–Kier alpha value is -1.05. The lowest BCUT2D eigenvalue weighted by Crippen LogP contribution is -2.31. The molecule has 1 atom stereocenters. The molecule has 4 heteroatoms. The molecule has 1 unspecified atom stereocenters. The second-order valence-corrected chi connectivity index (χ2v) is 12.2. The van der Waals surface area contributed by atoms with E-state index in [1.807, 2.05) is 6.08 Å². The molecule has 0 heterocycles. The van der Waals surface area contributed by atoms with E-state index in [1.165, 1.54) is 32.8 Å². The van der Waals surface area contributed by atoms with E-state index in [0.717, 1.165) is 38.5 Å². The van der Waals surface area contributed by atoms with Crippen molar-refractivity contribution < 1.29 is 14.0 Å². The lowest BCUT2D eigenvalue weighted by Gasteiger charge is -2.22. The number of carbonyl (C=O) groups is 1. The molecule has 0 fully saturated rings. The summed E-state index contributed by atoms with van der Waals surface area (Å²) < 4.78 is 10.9. The summed E-state index contributed by atoms with van der Waals surface area (Å²) in [6.45, 7) is 8.87. The fourth-order valence-electron chi connectivity index (χ4n) is 2.61. The molecule has 150 valence electrons. The molecular weight excluding hydrogens is 340 g/mol. The highest BCUT2D eigenvalue weighted by molar-refractivity contribution is 6.69. The van der Waals surface area contributed by atoms with Gasteiger partial charge in [-0.1, -0.05) is 56.9 Å². The van der Waals surface area contributed by atoms with Crippen LogP contribution in [0.15, 0.2) is 12.2 Å². The number of hydrogen-bond donors (Lipinski definition) is 0. The zero-order chi connectivity index (χ0) is 19.7. The van der Waals surface area contributed by atoms with Gasteiger partial charge >= 0.3 is 5.97 Å². The lowest BCUT2D eigenvalue weighted by atomic mass is 10.1. The van der Waals surface area contributed by atoms with Crippen LogP contribution in [0, 0.1) is 11.8 Å². The Morgan fingerprint density at radius 2 is 1.73 bits per heavy atom. The summed E-state index contributed by atoms with van der Waals surface area (Å²) >= 11 is 0. The molecule has 0 saturated heterocycles. The smallest absolute Gasteiger partial charge is 0.305 e. The number of unbranched alkanes of at least 4 members (excludes halogenated alkanes) is 7. The minimum absolute atomic E-state index is 0.0343. The van der Waals surface area contributed by atoms with Gasteiger partial charge in [0.05, 0.1) is 7.11 Å². The van der Waals surface area contributed by atoms with Crippen molar-refractivity contribution in [1.82, 2.24) is 0 Å². The first-order chi connectivity index (χ1) is 12.4. The number of rotatable bonds is 14. The molecule has 0 bridgehead atoms. The van der Waals surface area contributed by atoms with Gasteiger partial charge in [0.1, 0.15) is 6.10 Å². The van der Waals surface area contributed by atoms with Crippen molar-refractivity contribution in [2.75, 3.05) is 7.11 Å². The summed E-state index contributed by atoms with van der Waals surface area (Å²) in [7, 11) is -0.150. The normalized spacial score (nSPS) is 12.7. The highest BCUT2D eigenvalue weighted by Gasteiger charge is 2.19. The van der Waals surface area contributed by atoms with Crippen LogP contribution in [0.2, 0.25) is 19.6 Å². The molecule has 0 aromatic heterocycles.